The third-order valence-electron chi connectivity index (χ3n) is 3.58. The fraction of sp³-hybridized carbons (Fsp3) is 0.923. The topological polar surface area (TPSA) is 55.6 Å². The van der Waals surface area contributed by atoms with Crippen molar-refractivity contribution in [3.8, 4) is 0 Å². The predicted molar refractivity (Wildman–Crippen MR) is 68.7 cm³/mol. The molecule has 1 fully saturated rings. The van der Waals surface area contributed by atoms with Crippen molar-refractivity contribution < 1.29 is 9.53 Å². The van der Waals surface area contributed by atoms with Crippen LogP contribution in [0.3, 0.4) is 0 Å². The number of esters is 1. The molecular weight excluding hydrogens is 216 g/mol. The minimum Gasteiger partial charge on any atom is -0.468 e. The number of rotatable bonds is 5. The summed E-state index contributed by atoms with van der Waals surface area (Å²) in [7, 11) is 1.39. The number of hydrogen-bond acceptors (Lipinski definition) is 4. The molecular formula is C13H26N2O2. The summed E-state index contributed by atoms with van der Waals surface area (Å²) in [6.07, 6.45) is 2.87. The minimum absolute atomic E-state index is 0.320. The average Bonchev–Trinajstić information content (AvgIpc) is 2.56. The van der Waals surface area contributed by atoms with Gasteiger partial charge >= 0.3 is 5.97 Å². The maximum atomic E-state index is 11.4. The zero-order chi connectivity index (χ0) is 13.1. The SMILES string of the molecule is COC(=O)C(C)(N)CCCN1CCC(C)(C)C1. The van der Waals surface area contributed by atoms with E-state index in [-0.39, 0.29) is 5.97 Å². The van der Waals surface area contributed by atoms with Crippen LogP contribution in [0.5, 0.6) is 0 Å². The van der Waals surface area contributed by atoms with Crippen LogP contribution in [-0.4, -0.2) is 43.2 Å². The number of likely N-dealkylation sites (tertiary alicyclic amines) is 1. The molecule has 1 aliphatic heterocycles. The highest BCUT2D eigenvalue weighted by atomic mass is 16.5. The number of hydrogen-bond donors (Lipinski definition) is 1. The lowest BCUT2D eigenvalue weighted by molar-refractivity contribution is -0.146. The van der Waals surface area contributed by atoms with Crippen LogP contribution < -0.4 is 5.73 Å². The molecule has 0 aliphatic carbocycles. The molecule has 0 aromatic rings. The zero-order valence-corrected chi connectivity index (χ0v) is 11.6. The fourth-order valence-electron chi connectivity index (χ4n) is 2.42. The van der Waals surface area contributed by atoms with Crippen LogP contribution in [-0.2, 0) is 9.53 Å². The molecule has 4 nitrogen and oxygen atoms in total. The van der Waals surface area contributed by atoms with Crippen LogP contribution in [0.25, 0.3) is 0 Å². The van der Waals surface area contributed by atoms with Gasteiger partial charge in [-0.3, -0.25) is 4.79 Å². The monoisotopic (exact) mass is 242 g/mol. The number of nitrogens with two attached hydrogens (primary N) is 1. The van der Waals surface area contributed by atoms with Gasteiger partial charge < -0.3 is 15.4 Å². The first-order valence-electron chi connectivity index (χ1n) is 6.36. The molecule has 0 spiro atoms. The molecule has 1 aliphatic rings. The van der Waals surface area contributed by atoms with Gasteiger partial charge in [-0.25, -0.2) is 0 Å². The van der Waals surface area contributed by atoms with E-state index in [0.29, 0.717) is 11.8 Å². The van der Waals surface area contributed by atoms with E-state index in [4.69, 9.17) is 10.5 Å². The van der Waals surface area contributed by atoms with Gasteiger partial charge in [0.25, 0.3) is 0 Å². The Morgan fingerprint density at radius 2 is 2.18 bits per heavy atom. The van der Waals surface area contributed by atoms with Crippen LogP contribution in [0.15, 0.2) is 0 Å². The van der Waals surface area contributed by atoms with Gasteiger partial charge in [-0.15, -0.1) is 0 Å². The molecule has 1 atom stereocenters. The maximum Gasteiger partial charge on any atom is 0.325 e. The van der Waals surface area contributed by atoms with Gasteiger partial charge in [0.2, 0.25) is 0 Å². The molecule has 4 heteroatoms. The van der Waals surface area contributed by atoms with Crippen molar-refractivity contribution in [3.05, 3.63) is 0 Å². The molecule has 1 rings (SSSR count). The Hall–Kier alpha value is -0.610. The molecule has 100 valence electrons. The Bertz CT molecular complexity index is 275. The molecule has 0 aromatic carbocycles. The van der Waals surface area contributed by atoms with Gasteiger partial charge in [0.15, 0.2) is 0 Å². The van der Waals surface area contributed by atoms with Crippen LogP contribution in [0, 0.1) is 5.41 Å². The van der Waals surface area contributed by atoms with Gasteiger partial charge in [-0.1, -0.05) is 13.8 Å². The second-order valence-electron chi connectivity index (χ2n) is 6.20. The van der Waals surface area contributed by atoms with Crippen LogP contribution >= 0.6 is 0 Å². The molecule has 0 aromatic heterocycles. The Morgan fingerprint density at radius 1 is 1.53 bits per heavy atom. The van der Waals surface area contributed by atoms with Crippen molar-refractivity contribution in [3.63, 3.8) is 0 Å². The highest BCUT2D eigenvalue weighted by Gasteiger charge is 2.31. The lowest BCUT2D eigenvalue weighted by atomic mass is 9.93. The van der Waals surface area contributed by atoms with E-state index in [2.05, 4.69) is 18.7 Å². The molecule has 1 unspecified atom stereocenters. The third-order valence-corrected chi connectivity index (χ3v) is 3.58. The Labute approximate surface area is 104 Å². The number of ether oxygens (including phenoxy) is 1. The van der Waals surface area contributed by atoms with Crippen molar-refractivity contribution >= 4 is 5.97 Å². The standard InChI is InChI=1S/C13H26N2O2/c1-12(2)7-9-15(10-12)8-5-6-13(3,14)11(16)17-4/h5-10,14H2,1-4H3. The Balaban J connectivity index is 2.27. The summed E-state index contributed by atoms with van der Waals surface area (Å²) in [6, 6.07) is 0. The van der Waals surface area contributed by atoms with E-state index in [9.17, 15) is 4.79 Å². The summed E-state index contributed by atoms with van der Waals surface area (Å²) in [5, 5.41) is 0. The second kappa shape index (κ2) is 5.36. The molecule has 0 radical (unpaired) electrons. The first kappa shape index (κ1) is 14.5. The summed E-state index contributed by atoms with van der Waals surface area (Å²) in [4.78, 5) is 13.9. The van der Waals surface area contributed by atoms with E-state index in [0.717, 1.165) is 26.1 Å². The zero-order valence-electron chi connectivity index (χ0n) is 11.6. The van der Waals surface area contributed by atoms with E-state index >= 15 is 0 Å². The van der Waals surface area contributed by atoms with Crippen LogP contribution in [0.4, 0.5) is 0 Å². The lowest BCUT2D eigenvalue weighted by Crippen LogP contribution is -2.46. The van der Waals surface area contributed by atoms with Crippen molar-refractivity contribution in [2.75, 3.05) is 26.7 Å². The summed E-state index contributed by atoms with van der Waals surface area (Å²) in [6.45, 7) is 9.67. The quantitative estimate of drug-likeness (QED) is 0.740. The van der Waals surface area contributed by atoms with E-state index in [1.54, 1.807) is 6.92 Å². The lowest BCUT2D eigenvalue weighted by Gasteiger charge is -2.24. The largest absolute Gasteiger partial charge is 0.468 e. The van der Waals surface area contributed by atoms with Crippen molar-refractivity contribution in [1.29, 1.82) is 0 Å². The molecule has 0 amide bonds. The Kier molecular flexibility index (Phi) is 4.55. The summed E-state index contributed by atoms with van der Waals surface area (Å²) >= 11 is 0. The molecule has 0 saturated carbocycles. The van der Waals surface area contributed by atoms with Gasteiger partial charge in [-0.05, 0) is 44.7 Å². The molecule has 0 bridgehead atoms. The Morgan fingerprint density at radius 3 is 2.65 bits per heavy atom. The van der Waals surface area contributed by atoms with Crippen molar-refractivity contribution in [2.45, 2.75) is 45.6 Å². The number of methoxy groups -OCH3 is 1. The van der Waals surface area contributed by atoms with E-state index in [1.807, 2.05) is 0 Å². The fourth-order valence-corrected chi connectivity index (χ4v) is 2.42. The van der Waals surface area contributed by atoms with Gasteiger partial charge in [0.05, 0.1) is 7.11 Å². The predicted octanol–water partition coefficient (Wildman–Crippen LogP) is 1.39. The van der Waals surface area contributed by atoms with Crippen LogP contribution in [0.1, 0.15) is 40.0 Å². The third kappa shape index (κ3) is 4.28. The van der Waals surface area contributed by atoms with E-state index < -0.39 is 5.54 Å². The van der Waals surface area contributed by atoms with Crippen molar-refractivity contribution in [1.82, 2.24) is 4.90 Å². The summed E-state index contributed by atoms with van der Waals surface area (Å²) < 4.78 is 4.69. The van der Waals surface area contributed by atoms with Crippen molar-refractivity contribution in [2.24, 2.45) is 11.1 Å². The highest BCUT2D eigenvalue weighted by Crippen LogP contribution is 2.28. The summed E-state index contributed by atoms with van der Waals surface area (Å²) in [5.74, 6) is -0.320. The molecule has 1 saturated heterocycles. The number of nitrogens with zero attached hydrogens (tertiary/aromatic N) is 1. The first-order valence-corrected chi connectivity index (χ1v) is 6.36. The smallest absolute Gasteiger partial charge is 0.325 e. The maximum absolute atomic E-state index is 11.4. The molecule has 17 heavy (non-hydrogen) atoms. The molecule has 1 heterocycles. The average molecular weight is 242 g/mol. The summed E-state index contributed by atoms with van der Waals surface area (Å²) in [5.41, 5.74) is 5.51. The molecule has 2 N–H and O–H groups in total. The highest BCUT2D eigenvalue weighted by molar-refractivity contribution is 5.79. The van der Waals surface area contributed by atoms with E-state index in [1.165, 1.54) is 13.5 Å². The van der Waals surface area contributed by atoms with Gasteiger partial charge in [0.1, 0.15) is 5.54 Å². The number of carbonyl (C=O) groups is 1. The van der Waals surface area contributed by atoms with Gasteiger partial charge in [-0.2, -0.15) is 0 Å². The van der Waals surface area contributed by atoms with Gasteiger partial charge in [0, 0.05) is 6.54 Å². The second-order valence-corrected chi connectivity index (χ2v) is 6.20. The normalized spacial score (nSPS) is 23.4. The number of carbonyl (C=O) groups excluding carboxylic acids is 1. The minimum atomic E-state index is -0.843. The van der Waals surface area contributed by atoms with Crippen LogP contribution in [0.2, 0.25) is 0 Å². The first-order chi connectivity index (χ1) is 7.77.